The molecule has 1 amide bonds. The molecule has 2 N–H and O–H groups in total. The first-order valence-electron chi connectivity index (χ1n) is 9.75. The molecule has 1 saturated heterocycles. The van der Waals surface area contributed by atoms with Gasteiger partial charge in [0.25, 0.3) is 0 Å². The molecule has 1 aliphatic rings. The molecule has 1 aliphatic heterocycles. The lowest BCUT2D eigenvalue weighted by atomic mass is 9.86. The number of aromatic nitrogens is 3. The molecule has 0 aliphatic carbocycles. The highest BCUT2D eigenvalue weighted by Crippen LogP contribution is 2.32. The molecule has 3 aromatic rings. The summed E-state index contributed by atoms with van der Waals surface area (Å²) in [6, 6.07) is 11.8. The lowest BCUT2D eigenvalue weighted by molar-refractivity contribution is -0.124. The number of fused-ring (bicyclic) bond motifs is 1. The van der Waals surface area contributed by atoms with Crippen LogP contribution >= 0.6 is 0 Å². The largest absolute Gasteiger partial charge is 0.388 e. The minimum Gasteiger partial charge on any atom is -0.388 e. The summed E-state index contributed by atoms with van der Waals surface area (Å²) in [5.41, 5.74) is 1.60. The molecular weight excluding hydrogens is 356 g/mol. The van der Waals surface area contributed by atoms with Crippen LogP contribution < -0.4 is 5.32 Å². The van der Waals surface area contributed by atoms with E-state index in [9.17, 15) is 9.90 Å². The number of benzene rings is 1. The first kappa shape index (κ1) is 18.7. The fourth-order valence-corrected chi connectivity index (χ4v) is 4.09. The summed E-state index contributed by atoms with van der Waals surface area (Å²) in [4.78, 5) is 17.2. The van der Waals surface area contributed by atoms with E-state index in [1.54, 1.807) is 0 Å². The maximum Gasteiger partial charge on any atom is 0.222 e. The topological polar surface area (TPSA) is 81.3 Å². The van der Waals surface area contributed by atoms with Gasteiger partial charge in [0.1, 0.15) is 12.4 Å². The third-order valence-electron chi connectivity index (χ3n) is 5.60. The number of carbonyl (C=O) groups is 1. The van der Waals surface area contributed by atoms with Crippen LogP contribution in [0.5, 0.6) is 0 Å². The Bertz CT molecular complexity index is 926. The van der Waals surface area contributed by atoms with Crippen LogP contribution in [-0.2, 0) is 28.2 Å². The van der Waals surface area contributed by atoms with Crippen molar-refractivity contribution in [3.05, 3.63) is 54.6 Å². The number of carbonyl (C=O) groups excluding carboxylic acids is 1. The SMILES string of the molecule is O=C(CC1(n2cccc2)CCOCC1)NCCn1c(CO)nc2ccccc21. The van der Waals surface area contributed by atoms with E-state index in [0.717, 1.165) is 23.9 Å². The Morgan fingerprint density at radius 2 is 1.93 bits per heavy atom. The highest BCUT2D eigenvalue weighted by atomic mass is 16.5. The Morgan fingerprint density at radius 3 is 2.68 bits per heavy atom. The van der Waals surface area contributed by atoms with Crippen LogP contribution in [-0.4, -0.2) is 44.9 Å². The second-order valence-corrected chi connectivity index (χ2v) is 7.28. The zero-order valence-electron chi connectivity index (χ0n) is 15.9. The number of hydrogen-bond acceptors (Lipinski definition) is 4. The fourth-order valence-electron chi connectivity index (χ4n) is 4.09. The summed E-state index contributed by atoms with van der Waals surface area (Å²) in [6.45, 7) is 2.28. The van der Waals surface area contributed by atoms with Crippen molar-refractivity contribution in [1.29, 1.82) is 0 Å². The van der Waals surface area contributed by atoms with Crippen molar-refractivity contribution in [2.45, 2.75) is 38.0 Å². The molecule has 4 rings (SSSR count). The summed E-state index contributed by atoms with van der Waals surface area (Å²) in [5.74, 6) is 0.647. The van der Waals surface area contributed by atoms with Gasteiger partial charge in [-0.1, -0.05) is 12.1 Å². The van der Waals surface area contributed by atoms with Crippen molar-refractivity contribution < 1.29 is 14.6 Å². The molecule has 0 radical (unpaired) electrons. The summed E-state index contributed by atoms with van der Waals surface area (Å²) < 4.78 is 9.64. The van der Waals surface area contributed by atoms with Crippen molar-refractivity contribution in [2.75, 3.05) is 19.8 Å². The Labute approximate surface area is 163 Å². The second kappa shape index (κ2) is 8.16. The van der Waals surface area contributed by atoms with Gasteiger partial charge in [-0.05, 0) is 37.1 Å². The van der Waals surface area contributed by atoms with Gasteiger partial charge in [-0.25, -0.2) is 4.98 Å². The first-order valence-corrected chi connectivity index (χ1v) is 9.75. The maximum atomic E-state index is 12.7. The van der Waals surface area contributed by atoms with Crippen LogP contribution in [0.1, 0.15) is 25.1 Å². The van der Waals surface area contributed by atoms with E-state index in [-0.39, 0.29) is 18.1 Å². The summed E-state index contributed by atoms with van der Waals surface area (Å²) in [5, 5.41) is 12.6. The summed E-state index contributed by atoms with van der Waals surface area (Å²) in [7, 11) is 0. The normalized spacial score (nSPS) is 16.3. The van der Waals surface area contributed by atoms with Gasteiger partial charge in [0.2, 0.25) is 5.91 Å². The van der Waals surface area contributed by atoms with Crippen LogP contribution in [0, 0.1) is 0 Å². The zero-order chi connectivity index (χ0) is 19.4. The number of nitrogens with zero attached hydrogens (tertiary/aromatic N) is 3. The number of imidazole rings is 1. The van der Waals surface area contributed by atoms with E-state index in [1.165, 1.54) is 0 Å². The average molecular weight is 382 g/mol. The van der Waals surface area contributed by atoms with Crippen LogP contribution in [0.2, 0.25) is 0 Å². The first-order chi connectivity index (χ1) is 13.7. The predicted octanol–water partition coefficient (Wildman–Crippen LogP) is 2.04. The third-order valence-corrected chi connectivity index (χ3v) is 5.60. The smallest absolute Gasteiger partial charge is 0.222 e. The minimum absolute atomic E-state index is 0.0329. The number of rotatable bonds is 7. The monoisotopic (exact) mass is 382 g/mol. The van der Waals surface area contributed by atoms with E-state index in [4.69, 9.17) is 4.74 Å². The van der Waals surface area contributed by atoms with E-state index in [2.05, 4.69) is 14.9 Å². The van der Waals surface area contributed by atoms with E-state index in [1.807, 2.05) is 53.4 Å². The van der Waals surface area contributed by atoms with E-state index in [0.29, 0.717) is 38.5 Å². The van der Waals surface area contributed by atoms with E-state index < -0.39 is 0 Å². The van der Waals surface area contributed by atoms with Crippen LogP contribution in [0.4, 0.5) is 0 Å². The molecule has 0 saturated carbocycles. The van der Waals surface area contributed by atoms with Crippen molar-refractivity contribution in [2.24, 2.45) is 0 Å². The number of ether oxygens (including phenoxy) is 1. The molecule has 28 heavy (non-hydrogen) atoms. The molecular formula is C21H26N4O3. The molecule has 0 unspecified atom stereocenters. The number of amides is 1. The van der Waals surface area contributed by atoms with Crippen molar-refractivity contribution >= 4 is 16.9 Å². The van der Waals surface area contributed by atoms with Gasteiger partial charge in [0, 0.05) is 38.7 Å². The molecule has 0 bridgehead atoms. The van der Waals surface area contributed by atoms with Gasteiger partial charge in [0.05, 0.1) is 23.0 Å². The number of aliphatic hydroxyl groups excluding tert-OH is 1. The second-order valence-electron chi connectivity index (χ2n) is 7.28. The Balaban J connectivity index is 1.41. The molecule has 148 valence electrons. The molecule has 7 heteroatoms. The molecule has 3 heterocycles. The molecule has 1 fully saturated rings. The highest BCUT2D eigenvalue weighted by molar-refractivity contribution is 5.77. The molecule has 7 nitrogen and oxygen atoms in total. The van der Waals surface area contributed by atoms with Gasteiger partial charge in [0.15, 0.2) is 0 Å². The maximum absolute atomic E-state index is 12.7. The zero-order valence-corrected chi connectivity index (χ0v) is 15.9. The lowest BCUT2D eigenvalue weighted by Gasteiger charge is -2.38. The quantitative estimate of drug-likeness (QED) is 0.655. The average Bonchev–Trinajstić information content (AvgIpc) is 3.37. The summed E-state index contributed by atoms with van der Waals surface area (Å²) >= 11 is 0. The molecule has 0 spiro atoms. The molecule has 2 aromatic heterocycles. The number of aliphatic hydroxyl groups is 1. The number of para-hydroxylation sites is 2. The number of nitrogens with one attached hydrogen (secondary N) is 1. The molecule has 1 aromatic carbocycles. The lowest BCUT2D eigenvalue weighted by Crippen LogP contribution is -2.43. The molecule has 0 atom stereocenters. The Hall–Kier alpha value is -2.64. The standard InChI is InChI=1S/C21H26N4O3/c26-16-19-23-17-5-1-2-6-18(17)25(19)12-9-22-20(27)15-21(7-13-28-14-8-21)24-10-3-4-11-24/h1-6,10-11,26H,7-9,12-16H2,(H,22,27). The third kappa shape index (κ3) is 3.68. The van der Waals surface area contributed by atoms with Crippen molar-refractivity contribution in [1.82, 2.24) is 19.4 Å². The van der Waals surface area contributed by atoms with Crippen LogP contribution in [0.25, 0.3) is 11.0 Å². The van der Waals surface area contributed by atoms with Gasteiger partial charge in [-0.2, -0.15) is 0 Å². The highest BCUT2D eigenvalue weighted by Gasteiger charge is 2.36. The van der Waals surface area contributed by atoms with Crippen molar-refractivity contribution in [3.8, 4) is 0 Å². The fraction of sp³-hybridized carbons (Fsp3) is 0.429. The summed E-state index contributed by atoms with van der Waals surface area (Å²) in [6.07, 6.45) is 6.15. The number of hydrogen-bond donors (Lipinski definition) is 2. The van der Waals surface area contributed by atoms with Gasteiger partial charge >= 0.3 is 0 Å². The predicted molar refractivity (Wildman–Crippen MR) is 106 cm³/mol. The Kier molecular flexibility index (Phi) is 5.45. The minimum atomic E-state index is -0.218. The van der Waals surface area contributed by atoms with Crippen LogP contribution in [0.3, 0.4) is 0 Å². The Morgan fingerprint density at radius 1 is 1.18 bits per heavy atom. The van der Waals surface area contributed by atoms with E-state index >= 15 is 0 Å². The van der Waals surface area contributed by atoms with Gasteiger partial charge in [-0.3, -0.25) is 4.79 Å². The van der Waals surface area contributed by atoms with Gasteiger partial charge < -0.3 is 24.3 Å². The van der Waals surface area contributed by atoms with Crippen LogP contribution in [0.15, 0.2) is 48.8 Å². The van der Waals surface area contributed by atoms with Gasteiger partial charge in [-0.15, -0.1) is 0 Å². The van der Waals surface area contributed by atoms with Crippen molar-refractivity contribution in [3.63, 3.8) is 0 Å².